The van der Waals surface area contributed by atoms with E-state index in [1.54, 1.807) is 18.2 Å². The highest BCUT2D eigenvalue weighted by molar-refractivity contribution is 6.04. The van der Waals surface area contributed by atoms with Crippen molar-refractivity contribution >= 4 is 23.5 Å². The Bertz CT molecular complexity index is 1150. The van der Waals surface area contributed by atoms with Crippen molar-refractivity contribution in [1.29, 1.82) is 0 Å². The summed E-state index contributed by atoms with van der Waals surface area (Å²) >= 11 is 0. The number of anilines is 2. The van der Waals surface area contributed by atoms with Crippen molar-refractivity contribution in [2.24, 2.45) is 0 Å². The average Bonchev–Trinajstić information content (AvgIpc) is 3.43. The van der Waals surface area contributed by atoms with Gasteiger partial charge in [0.25, 0.3) is 5.91 Å². The number of carbonyl (C=O) groups is 2. The van der Waals surface area contributed by atoms with Gasteiger partial charge < -0.3 is 25.1 Å². The molecule has 3 aromatic rings. The second-order valence-corrected chi connectivity index (χ2v) is 7.31. The lowest BCUT2D eigenvalue weighted by molar-refractivity contribution is -0.153. The van der Waals surface area contributed by atoms with Crippen LogP contribution >= 0.6 is 0 Å². The van der Waals surface area contributed by atoms with Crippen molar-refractivity contribution in [3.05, 3.63) is 60.1 Å². The quantitative estimate of drug-likeness (QED) is 0.521. The molecular formula is C21H18F3N5O4. The highest BCUT2D eigenvalue weighted by atomic mass is 19.4. The molecule has 1 aromatic carbocycles. The van der Waals surface area contributed by atoms with Crippen LogP contribution in [0.3, 0.4) is 0 Å². The van der Waals surface area contributed by atoms with Crippen molar-refractivity contribution in [1.82, 2.24) is 14.9 Å². The molecule has 1 aliphatic rings. The minimum Gasteiger partial charge on any atom is -0.465 e. The van der Waals surface area contributed by atoms with E-state index in [2.05, 4.69) is 20.6 Å². The summed E-state index contributed by atoms with van der Waals surface area (Å²) in [6.07, 6.45) is -4.02. The molecule has 0 radical (unpaired) electrons. The molecule has 0 spiro atoms. The highest BCUT2D eigenvalue weighted by Crippen LogP contribution is 2.35. The summed E-state index contributed by atoms with van der Waals surface area (Å²) in [7, 11) is 0. The van der Waals surface area contributed by atoms with E-state index in [-0.39, 0.29) is 17.6 Å². The number of likely N-dealkylation sites (tertiary alicyclic amines) is 1. The number of alkyl halides is 3. The van der Waals surface area contributed by atoms with Gasteiger partial charge in [-0.1, -0.05) is 18.2 Å². The molecule has 33 heavy (non-hydrogen) atoms. The topological polar surface area (TPSA) is 121 Å². The monoisotopic (exact) mass is 461 g/mol. The van der Waals surface area contributed by atoms with Gasteiger partial charge in [0.15, 0.2) is 5.69 Å². The Labute approximate surface area is 185 Å². The largest absolute Gasteiger partial charge is 0.465 e. The van der Waals surface area contributed by atoms with Crippen LogP contribution in [-0.4, -0.2) is 51.1 Å². The number of carboxylic acid groups (broad SMARTS) is 1. The average molecular weight is 461 g/mol. The number of pyridine rings is 1. The van der Waals surface area contributed by atoms with Gasteiger partial charge in [0.1, 0.15) is 5.82 Å². The maximum absolute atomic E-state index is 13.4. The Morgan fingerprint density at radius 3 is 2.52 bits per heavy atom. The number of carbonyl (C=O) groups excluding carboxylic acids is 1. The first-order valence-electron chi connectivity index (χ1n) is 9.86. The molecule has 4 rings (SSSR count). The SMILES string of the molecule is O=C(Nc1ccc(N[C@H]2CCN(C(=O)O)C2)nc1)c1nc(-c2ccccc2)oc1C(F)(F)F. The molecule has 0 aliphatic carbocycles. The molecule has 2 aromatic heterocycles. The van der Waals surface area contributed by atoms with Gasteiger partial charge in [0.05, 0.1) is 11.9 Å². The van der Waals surface area contributed by atoms with Gasteiger partial charge in [-0.05, 0) is 30.7 Å². The van der Waals surface area contributed by atoms with Crippen LogP contribution in [0.5, 0.6) is 0 Å². The molecule has 0 bridgehead atoms. The van der Waals surface area contributed by atoms with Crippen molar-refractivity contribution < 1.29 is 32.3 Å². The smallest absolute Gasteiger partial charge is 0.452 e. The predicted molar refractivity (Wildman–Crippen MR) is 111 cm³/mol. The van der Waals surface area contributed by atoms with E-state index in [1.807, 2.05) is 0 Å². The fourth-order valence-corrected chi connectivity index (χ4v) is 3.37. The van der Waals surface area contributed by atoms with Gasteiger partial charge in [-0.25, -0.2) is 14.8 Å². The van der Waals surface area contributed by atoms with E-state index in [0.29, 0.717) is 30.9 Å². The summed E-state index contributed by atoms with van der Waals surface area (Å²) in [6.45, 7) is 0.719. The first-order chi connectivity index (χ1) is 15.7. The van der Waals surface area contributed by atoms with Gasteiger partial charge >= 0.3 is 12.3 Å². The normalized spacial score (nSPS) is 16.0. The van der Waals surface area contributed by atoms with Crippen LogP contribution in [-0.2, 0) is 6.18 Å². The molecule has 1 atom stereocenters. The molecule has 9 nitrogen and oxygen atoms in total. The van der Waals surface area contributed by atoms with Crippen LogP contribution in [0.1, 0.15) is 22.7 Å². The molecular weight excluding hydrogens is 443 g/mol. The van der Waals surface area contributed by atoms with Crippen LogP contribution in [0.2, 0.25) is 0 Å². The Balaban J connectivity index is 1.47. The zero-order chi connectivity index (χ0) is 23.6. The fraction of sp³-hybridized carbons (Fsp3) is 0.238. The summed E-state index contributed by atoms with van der Waals surface area (Å²) in [5.41, 5.74) is -0.433. The van der Waals surface area contributed by atoms with Crippen LogP contribution < -0.4 is 10.6 Å². The summed E-state index contributed by atoms with van der Waals surface area (Å²) in [4.78, 5) is 32.7. The molecule has 1 fully saturated rings. The summed E-state index contributed by atoms with van der Waals surface area (Å²) < 4.78 is 45.2. The van der Waals surface area contributed by atoms with Crippen molar-refractivity contribution in [2.45, 2.75) is 18.6 Å². The number of rotatable bonds is 5. The number of oxazole rings is 1. The van der Waals surface area contributed by atoms with Gasteiger partial charge in [-0.3, -0.25) is 4.79 Å². The zero-order valence-electron chi connectivity index (χ0n) is 17.0. The van der Waals surface area contributed by atoms with Gasteiger partial charge in [-0.2, -0.15) is 13.2 Å². The number of hydrogen-bond donors (Lipinski definition) is 3. The molecule has 1 saturated heterocycles. The summed E-state index contributed by atoms with van der Waals surface area (Å²) in [6, 6.07) is 10.8. The van der Waals surface area contributed by atoms with Gasteiger partial charge in [0.2, 0.25) is 11.7 Å². The summed E-state index contributed by atoms with van der Waals surface area (Å²) in [5, 5.41) is 14.4. The lowest BCUT2D eigenvalue weighted by Gasteiger charge is -2.14. The molecule has 0 unspecified atom stereocenters. The van der Waals surface area contributed by atoms with Crippen molar-refractivity contribution in [2.75, 3.05) is 23.7 Å². The highest BCUT2D eigenvalue weighted by Gasteiger charge is 2.42. The molecule has 172 valence electrons. The second kappa shape index (κ2) is 8.81. The number of nitrogens with zero attached hydrogens (tertiary/aromatic N) is 3. The predicted octanol–water partition coefficient (Wildman–Crippen LogP) is 4.17. The number of halogens is 3. The number of benzene rings is 1. The van der Waals surface area contributed by atoms with E-state index in [0.717, 1.165) is 0 Å². The number of hydrogen-bond acceptors (Lipinski definition) is 6. The van der Waals surface area contributed by atoms with Crippen molar-refractivity contribution in [3.8, 4) is 11.5 Å². The standard InChI is InChI=1S/C21H18F3N5O4/c22-21(23,24)17-16(28-19(33-17)12-4-2-1-3-5-12)18(30)27-13-6-7-15(25-10-13)26-14-8-9-29(11-14)20(31)32/h1-7,10,14H,8-9,11H2,(H,25,26)(H,27,30)(H,31,32)/t14-/m0/s1. The Morgan fingerprint density at radius 1 is 1.15 bits per heavy atom. The van der Waals surface area contributed by atoms with Crippen LogP contribution in [0.25, 0.3) is 11.5 Å². The number of amides is 2. The maximum atomic E-state index is 13.4. The third kappa shape index (κ3) is 5.05. The van der Waals surface area contributed by atoms with Gasteiger partial charge in [-0.15, -0.1) is 0 Å². The number of aromatic nitrogens is 2. The van der Waals surface area contributed by atoms with Crippen LogP contribution in [0.4, 0.5) is 29.5 Å². The Kier molecular flexibility index (Phi) is 5.90. The third-order valence-corrected chi connectivity index (χ3v) is 4.95. The lowest BCUT2D eigenvalue weighted by atomic mass is 10.2. The van der Waals surface area contributed by atoms with Crippen LogP contribution in [0, 0.1) is 0 Å². The Hall–Kier alpha value is -4.09. The van der Waals surface area contributed by atoms with Crippen molar-refractivity contribution in [3.63, 3.8) is 0 Å². The molecule has 2 amide bonds. The first kappa shape index (κ1) is 22.1. The molecule has 3 heterocycles. The molecule has 3 N–H and O–H groups in total. The van der Waals surface area contributed by atoms with E-state index in [9.17, 15) is 22.8 Å². The minimum absolute atomic E-state index is 0.116. The lowest BCUT2D eigenvalue weighted by Crippen LogP contribution is -2.30. The third-order valence-electron chi connectivity index (χ3n) is 4.95. The maximum Gasteiger partial charge on any atom is 0.452 e. The molecule has 0 saturated carbocycles. The van der Waals surface area contributed by atoms with E-state index in [1.165, 1.54) is 35.4 Å². The van der Waals surface area contributed by atoms with E-state index in [4.69, 9.17) is 9.52 Å². The van der Waals surface area contributed by atoms with E-state index >= 15 is 0 Å². The second-order valence-electron chi connectivity index (χ2n) is 7.31. The van der Waals surface area contributed by atoms with E-state index < -0.39 is 29.6 Å². The summed E-state index contributed by atoms with van der Waals surface area (Å²) in [5.74, 6) is -2.47. The molecule has 1 aliphatic heterocycles. The number of nitrogens with one attached hydrogen (secondary N) is 2. The fourth-order valence-electron chi connectivity index (χ4n) is 3.37. The first-order valence-corrected chi connectivity index (χ1v) is 9.86. The zero-order valence-corrected chi connectivity index (χ0v) is 17.0. The Morgan fingerprint density at radius 2 is 1.91 bits per heavy atom. The molecule has 12 heteroatoms. The van der Waals surface area contributed by atoms with Crippen LogP contribution in [0.15, 0.2) is 53.1 Å². The van der Waals surface area contributed by atoms with Gasteiger partial charge in [0, 0.05) is 24.7 Å². The minimum atomic E-state index is -4.91.